The molecule has 0 spiro atoms. The average Bonchev–Trinajstić information content (AvgIpc) is 1.63. The SMILES string of the molecule is CC12C=CC=CC1N(c1ccc(N(c3ccccc3)c3cccc(P(=O)(c4cccc(N(c5ccccc5)c5ccc(-n6c7ccccc7c7ccccc76)cc5)n4)c4cccc(N(c5ccccc5)c5ccc(-n6c7ccccc7c7ccccc76)cc5)n4)n3)cc1)c1ccccc12. The Morgan fingerprint density at radius 3 is 1.03 bits per heavy atom. The van der Waals surface area contributed by atoms with Crippen LogP contribution in [0.1, 0.15) is 12.5 Å². The highest BCUT2D eigenvalue weighted by Gasteiger charge is 2.46. The van der Waals surface area contributed by atoms with Crippen LogP contribution >= 0.6 is 7.14 Å². The van der Waals surface area contributed by atoms with E-state index in [0.717, 1.165) is 73.3 Å². The van der Waals surface area contributed by atoms with Crippen LogP contribution in [0.25, 0.3) is 55.0 Å². The predicted octanol–water partition coefficient (Wildman–Crippen LogP) is 21.0. The zero-order valence-electron chi connectivity index (χ0n) is 54.1. The number of para-hydroxylation sites is 8. The van der Waals surface area contributed by atoms with Gasteiger partial charge in [0, 0.05) is 83.8 Å². The van der Waals surface area contributed by atoms with Crippen molar-refractivity contribution >= 4 is 130 Å². The van der Waals surface area contributed by atoms with E-state index in [9.17, 15) is 0 Å². The number of hydrogen-bond acceptors (Lipinski definition) is 8. The number of pyridine rings is 3. The standard InChI is InChI=1S/C88H64N9OP/c1-88-61-22-21-42-81(88)97(80-41-20-15-36-75(80)88)70-59-53-67(54-60-70)94(64-30-9-4-10-31-64)84-45-25-48-87(91-84)99(98,85-46-23-43-82(89-85)92(62-26-5-2-6-27-62)65-49-55-68(56-50-65)95-76-37-16-11-32-71(76)72-33-12-17-38-77(72)95)86-47-24-44-83(90-86)93(63-28-7-3-8-29-63)66-51-57-69(58-52-66)96-78-39-18-13-34-73(78)74-35-14-19-40-79(74)96/h2-61,81H,1H3. The van der Waals surface area contributed by atoms with Crippen molar-refractivity contribution in [3.8, 4) is 11.4 Å². The third-order valence-corrected chi connectivity index (χ3v) is 22.3. The van der Waals surface area contributed by atoms with Crippen molar-refractivity contribution in [2.45, 2.75) is 18.4 Å². The molecule has 11 aromatic carbocycles. The zero-order chi connectivity index (χ0) is 66.0. The van der Waals surface area contributed by atoms with Crippen LogP contribution in [0.15, 0.2) is 364 Å². The van der Waals surface area contributed by atoms with Gasteiger partial charge in [-0.1, -0.05) is 188 Å². The monoisotopic (exact) mass is 1290 g/mol. The fourth-order valence-corrected chi connectivity index (χ4v) is 17.4. The Morgan fingerprint density at radius 2 is 0.646 bits per heavy atom. The van der Waals surface area contributed by atoms with E-state index in [2.05, 4.69) is 290 Å². The fraction of sp³-hybridized carbons (Fsp3) is 0.0341. The van der Waals surface area contributed by atoms with E-state index in [1.165, 1.54) is 32.8 Å². The van der Waals surface area contributed by atoms with Crippen molar-refractivity contribution in [1.29, 1.82) is 0 Å². The first kappa shape index (κ1) is 58.9. The second-order valence-electron chi connectivity index (χ2n) is 25.3. The highest BCUT2D eigenvalue weighted by molar-refractivity contribution is 7.84. The van der Waals surface area contributed by atoms with Gasteiger partial charge < -0.3 is 18.6 Å². The van der Waals surface area contributed by atoms with E-state index in [1.807, 2.05) is 109 Å². The van der Waals surface area contributed by atoms with Crippen LogP contribution in [-0.2, 0) is 9.98 Å². The molecule has 10 nitrogen and oxygen atoms in total. The molecule has 472 valence electrons. The summed E-state index contributed by atoms with van der Waals surface area (Å²) in [4.78, 5) is 25.6. The lowest BCUT2D eigenvalue weighted by Gasteiger charge is -2.35. The number of anilines is 11. The lowest BCUT2D eigenvalue weighted by Crippen LogP contribution is -2.39. The number of rotatable bonds is 15. The van der Waals surface area contributed by atoms with Crippen molar-refractivity contribution in [2.75, 3.05) is 19.6 Å². The minimum Gasteiger partial charge on any atom is -0.333 e. The van der Waals surface area contributed by atoms with Gasteiger partial charge in [-0.3, -0.25) is 14.7 Å². The number of nitrogens with zero attached hydrogens (tertiary/aromatic N) is 9. The Balaban J connectivity index is 0.786. The molecular weight excluding hydrogens is 1230 g/mol. The van der Waals surface area contributed by atoms with Crippen LogP contribution in [0, 0.1) is 0 Å². The Labute approximate surface area is 574 Å². The van der Waals surface area contributed by atoms with Crippen molar-refractivity contribution in [3.63, 3.8) is 0 Å². The van der Waals surface area contributed by atoms with Gasteiger partial charge in [0.2, 0.25) is 7.14 Å². The Hall–Kier alpha value is -12.6. The molecule has 6 heterocycles. The largest absolute Gasteiger partial charge is 0.333 e. The van der Waals surface area contributed by atoms with Gasteiger partial charge in [-0.15, -0.1) is 0 Å². The molecule has 1 aliphatic carbocycles. The summed E-state index contributed by atoms with van der Waals surface area (Å²) in [6, 6.07) is 117. The smallest absolute Gasteiger partial charge is 0.223 e. The summed E-state index contributed by atoms with van der Waals surface area (Å²) in [5, 5.41) is 4.78. The zero-order valence-corrected chi connectivity index (χ0v) is 55.0. The molecule has 2 atom stereocenters. The molecule has 2 unspecified atom stereocenters. The Morgan fingerprint density at radius 1 is 0.323 bits per heavy atom. The molecule has 0 fully saturated rings. The Bertz CT molecular complexity index is 5480. The summed E-state index contributed by atoms with van der Waals surface area (Å²) in [6.07, 6.45) is 8.96. The van der Waals surface area contributed by atoms with Crippen LogP contribution in [-0.4, -0.2) is 30.1 Å². The number of benzene rings is 11. The first-order chi connectivity index (χ1) is 48.9. The van der Waals surface area contributed by atoms with Crippen LogP contribution < -0.4 is 35.9 Å². The number of fused-ring (bicyclic) bond motifs is 9. The van der Waals surface area contributed by atoms with Gasteiger partial charge in [0.1, 0.15) is 33.8 Å². The molecule has 0 saturated heterocycles. The van der Waals surface area contributed by atoms with Gasteiger partial charge in [-0.05, 0) is 188 Å². The number of allylic oxidation sites excluding steroid dienone is 2. The fourth-order valence-electron chi connectivity index (χ4n) is 15.0. The normalized spacial score (nSPS) is 14.8. The molecule has 0 saturated carbocycles. The van der Waals surface area contributed by atoms with Crippen LogP contribution in [0.3, 0.4) is 0 Å². The van der Waals surface area contributed by atoms with Gasteiger partial charge in [-0.2, -0.15) is 0 Å². The van der Waals surface area contributed by atoms with E-state index in [4.69, 9.17) is 15.0 Å². The molecule has 16 aromatic rings. The number of hydrogen-bond donors (Lipinski definition) is 0. The lowest BCUT2D eigenvalue weighted by molar-refractivity contribution is 0.551. The topological polar surface area (TPSA) is 78.6 Å². The van der Waals surface area contributed by atoms with E-state index in [1.54, 1.807) is 0 Å². The van der Waals surface area contributed by atoms with Gasteiger partial charge in [-0.25, -0.2) is 15.0 Å². The maximum Gasteiger partial charge on any atom is 0.223 e. The van der Waals surface area contributed by atoms with Crippen LogP contribution in [0.5, 0.6) is 0 Å². The van der Waals surface area contributed by atoms with Gasteiger partial charge in [0.25, 0.3) is 0 Å². The highest BCUT2D eigenvalue weighted by atomic mass is 31.2. The molecule has 2 aliphatic rings. The second-order valence-corrected chi connectivity index (χ2v) is 27.9. The molecule has 0 radical (unpaired) electrons. The molecule has 99 heavy (non-hydrogen) atoms. The van der Waals surface area contributed by atoms with Crippen LogP contribution in [0.2, 0.25) is 0 Å². The minimum atomic E-state index is -4.21. The molecule has 5 aromatic heterocycles. The minimum absolute atomic E-state index is 0.0953. The quantitative estimate of drug-likeness (QED) is 0.0940. The molecule has 0 N–H and O–H groups in total. The van der Waals surface area contributed by atoms with Crippen molar-refractivity contribution in [2.24, 2.45) is 0 Å². The molecule has 1 aliphatic heterocycles. The molecular formula is C88H64N9OP. The van der Waals surface area contributed by atoms with Gasteiger partial charge >= 0.3 is 0 Å². The summed E-state index contributed by atoms with van der Waals surface area (Å²) >= 11 is 0. The molecule has 18 rings (SSSR count). The van der Waals surface area contributed by atoms with Gasteiger partial charge in [0.15, 0.2) is 0 Å². The summed E-state index contributed by atoms with van der Waals surface area (Å²) < 4.78 is 22.6. The third-order valence-electron chi connectivity index (χ3n) is 19.6. The average molecular weight is 1290 g/mol. The van der Waals surface area contributed by atoms with Crippen LogP contribution in [0.4, 0.5) is 63.0 Å². The van der Waals surface area contributed by atoms with Crippen molar-refractivity contribution in [1.82, 2.24) is 24.1 Å². The maximum absolute atomic E-state index is 17.9. The molecule has 0 amide bonds. The predicted molar refractivity (Wildman–Crippen MR) is 410 cm³/mol. The Kier molecular flexibility index (Phi) is 14.4. The third kappa shape index (κ3) is 9.94. The molecule has 0 bridgehead atoms. The second kappa shape index (κ2) is 24.2. The first-order valence-corrected chi connectivity index (χ1v) is 35.2. The van der Waals surface area contributed by atoms with E-state index < -0.39 is 7.14 Å². The maximum atomic E-state index is 17.9. The highest BCUT2D eigenvalue weighted by Crippen LogP contribution is 2.52. The summed E-state index contributed by atoms with van der Waals surface area (Å²) in [5.41, 5.74) is 16.1. The summed E-state index contributed by atoms with van der Waals surface area (Å²) in [5.74, 6) is 1.70. The van der Waals surface area contributed by atoms with E-state index in [0.29, 0.717) is 33.8 Å². The van der Waals surface area contributed by atoms with Crippen molar-refractivity contribution < 1.29 is 4.57 Å². The molecule has 11 heteroatoms. The first-order valence-electron chi connectivity index (χ1n) is 33.5. The summed E-state index contributed by atoms with van der Waals surface area (Å²) in [7, 11) is -4.21. The lowest BCUT2D eigenvalue weighted by atomic mass is 9.76. The van der Waals surface area contributed by atoms with E-state index in [-0.39, 0.29) is 11.5 Å². The van der Waals surface area contributed by atoms with E-state index >= 15 is 4.57 Å². The summed E-state index contributed by atoms with van der Waals surface area (Å²) in [6.45, 7) is 2.33. The van der Waals surface area contributed by atoms with Crippen molar-refractivity contribution in [3.05, 3.63) is 370 Å². The van der Waals surface area contributed by atoms with Gasteiger partial charge in [0.05, 0.1) is 28.1 Å². The number of aromatic nitrogens is 5.